The third kappa shape index (κ3) is 1.95. The van der Waals surface area contributed by atoms with Gasteiger partial charge < -0.3 is 5.11 Å². The molecule has 2 aliphatic rings. The fourth-order valence-corrected chi connectivity index (χ4v) is 3.72. The smallest absolute Gasteiger partial charge is 0.0647 e. The Morgan fingerprint density at radius 1 is 1.19 bits per heavy atom. The molecule has 16 heavy (non-hydrogen) atoms. The van der Waals surface area contributed by atoms with Crippen LogP contribution in [-0.4, -0.2) is 11.7 Å². The molecule has 1 N–H and O–H groups in total. The number of rotatable bonds is 1. The second kappa shape index (κ2) is 3.87. The Morgan fingerprint density at radius 2 is 1.88 bits per heavy atom. The Bertz CT molecular complexity index is 313. The fraction of sp³-hybridized carbons (Fsp3) is 0.867. The van der Waals surface area contributed by atoms with Crippen LogP contribution in [0.3, 0.4) is 0 Å². The van der Waals surface area contributed by atoms with Crippen LogP contribution < -0.4 is 0 Å². The summed E-state index contributed by atoms with van der Waals surface area (Å²) in [5.74, 6) is 0.634. The minimum Gasteiger partial charge on any atom is -0.392 e. The second-order valence-electron chi connectivity index (χ2n) is 7.04. The zero-order valence-electron chi connectivity index (χ0n) is 11.3. The van der Waals surface area contributed by atoms with E-state index in [1.807, 2.05) is 0 Å². The molecule has 92 valence electrons. The Kier molecular flexibility index (Phi) is 2.94. The van der Waals surface area contributed by atoms with Crippen molar-refractivity contribution < 1.29 is 5.11 Å². The molecule has 2 rings (SSSR count). The average molecular weight is 222 g/mol. The monoisotopic (exact) mass is 222 g/mol. The van der Waals surface area contributed by atoms with Crippen molar-refractivity contribution in [3.8, 4) is 0 Å². The van der Waals surface area contributed by atoms with E-state index in [1.54, 1.807) is 0 Å². The van der Waals surface area contributed by atoms with E-state index >= 15 is 0 Å². The van der Waals surface area contributed by atoms with E-state index in [0.717, 1.165) is 0 Å². The third-order valence-electron chi connectivity index (χ3n) is 5.18. The van der Waals surface area contributed by atoms with Gasteiger partial charge in [-0.25, -0.2) is 0 Å². The Morgan fingerprint density at radius 3 is 2.50 bits per heavy atom. The van der Waals surface area contributed by atoms with Crippen LogP contribution in [0.25, 0.3) is 0 Å². The molecule has 1 heteroatoms. The van der Waals surface area contributed by atoms with Crippen molar-refractivity contribution in [2.75, 3.05) is 6.61 Å². The molecule has 0 aromatic heterocycles. The highest BCUT2D eigenvalue weighted by Gasteiger charge is 2.45. The van der Waals surface area contributed by atoms with Crippen molar-refractivity contribution in [1.29, 1.82) is 0 Å². The number of hydrogen-bond donors (Lipinski definition) is 1. The maximum atomic E-state index is 9.63. The lowest BCUT2D eigenvalue weighted by molar-refractivity contribution is 0.0395. The number of hydrogen-bond acceptors (Lipinski definition) is 1. The molecule has 0 aromatic rings. The van der Waals surface area contributed by atoms with Crippen LogP contribution in [0.4, 0.5) is 0 Å². The van der Waals surface area contributed by atoms with Gasteiger partial charge in [0.1, 0.15) is 0 Å². The highest BCUT2D eigenvalue weighted by Crippen LogP contribution is 2.56. The van der Waals surface area contributed by atoms with Crippen LogP contribution >= 0.6 is 0 Å². The molecule has 0 saturated heterocycles. The first-order valence-electron chi connectivity index (χ1n) is 6.67. The topological polar surface area (TPSA) is 20.2 Å². The van der Waals surface area contributed by atoms with Crippen LogP contribution in [0, 0.1) is 16.7 Å². The first-order chi connectivity index (χ1) is 7.38. The second-order valence-corrected chi connectivity index (χ2v) is 7.04. The number of aliphatic hydroxyl groups is 1. The van der Waals surface area contributed by atoms with Gasteiger partial charge in [-0.2, -0.15) is 0 Å². The van der Waals surface area contributed by atoms with Crippen molar-refractivity contribution >= 4 is 0 Å². The molecule has 2 aliphatic carbocycles. The Hall–Kier alpha value is -0.300. The van der Waals surface area contributed by atoms with Crippen molar-refractivity contribution in [3.63, 3.8) is 0 Å². The van der Waals surface area contributed by atoms with Gasteiger partial charge >= 0.3 is 0 Å². The van der Waals surface area contributed by atoms with Gasteiger partial charge in [0, 0.05) is 0 Å². The molecule has 1 nitrogen and oxygen atoms in total. The van der Waals surface area contributed by atoms with Crippen LogP contribution in [0.5, 0.6) is 0 Å². The molecule has 0 aliphatic heterocycles. The van der Waals surface area contributed by atoms with Gasteiger partial charge in [0.25, 0.3) is 0 Å². The van der Waals surface area contributed by atoms with Gasteiger partial charge in [-0.15, -0.1) is 0 Å². The van der Waals surface area contributed by atoms with Gasteiger partial charge in [0.15, 0.2) is 0 Å². The maximum absolute atomic E-state index is 9.63. The van der Waals surface area contributed by atoms with Crippen molar-refractivity contribution in [3.05, 3.63) is 11.1 Å². The normalized spacial score (nSPS) is 38.4. The largest absolute Gasteiger partial charge is 0.392 e. The van der Waals surface area contributed by atoms with Gasteiger partial charge in [-0.3, -0.25) is 0 Å². The summed E-state index contributed by atoms with van der Waals surface area (Å²) in [7, 11) is 0. The average Bonchev–Trinajstić information content (AvgIpc) is 2.21. The van der Waals surface area contributed by atoms with Gasteiger partial charge in [0.05, 0.1) is 6.61 Å². The molecule has 0 amide bonds. The summed E-state index contributed by atoms with van der Waals surface area (Å²) in [4.78, 5) is 0. The van der Waals surface area contributed by atoms with Gasteiger partial charge in [0.2, 0.25) is 0 Å². The van der Waals surface area contributed by atoms with Crippen molar-refractivity contribution in [2.24, 2.45) is 16.7 Å². The lowest BCUT2D eigenvalue weighted by Crippen LogP contribution is -2.41. The Balaban J connectivity index is 2.33. The lowest BCUT2D eigenvalue weighted by Gasteiger charge is -2.51. The molecular formula is C15H26O. The van der Waals surface area contributed by atoms with Crippen LogP contribution in [-0.2, 0) is 0 Å². The Labute approximate surface area is 99.9 Å². The van der Waals surface area contributed by atoms with Gasteiger partial charge in [-0.05, 0) is 61.3 Å². The minimum absolute atomic E-state index is 0.280. The summed E-state index contributed by atoms with van der Waals surface area (Å²) >= 11 is 0. The minimum atomic E-state index is 0.280. The number of fused-ring (bicyclic) bond motifs is 1. The van der Waals surface area contributed by atoms with E-state index in [2.05, 4.69) is 27.7 Å². The summed E-state index contributed by atoms with van der Waals surface area (Å²) in [6, 6.07) is 0. The molecule has 1 saturated carbocycles. The molecule has 0 radical (unpaired) electrons. The summed E-state index contributed by atoms with van der Waals surface area (Å²) < 4.78 is 0. The molecule has 1 fully saturated rings. The summed E-state index contributed by atoms with van der Waals surface area (Å²) in [5, 5.41) is 9.63. The highest BCUT2D eigenvalue weighted by molar-refractivity contribution is 5.24. The standard InChI is InChI=1S/C15H26O/c1-11-5-6-15(4)8-7-14(2,3)9-13(15)12(11)10-16/h13,16H,5-10H2,1-4H3/t13-,15-/m0/s1. The summed E-state index contributed by atoms with van der Waals surface area (Å²) in [5.41, 5.74) is 3.75. The third-order valence-corrected chi connectivity index (χ3v) is 5.18. The van der Waals surface area contributed by atoms with Gasteiger partial charge in [-0.1, -0.05) is 26.3 Å². The van der Waals surface area contributed by atoms with E-state index in [4.69, 9.17) is 0 Å². The van der Waals surface area contributed by atoms with E-state index in [0.29, 0.717) is 16.7 Å². The fourth-order valence-electron chi connectivity index (χ4n) is 3.72. The molecule has 0 spiro atoms. The van der Waals surface area contributed by atoms with E-state index in [9.17, 15) is 5.11 Å². The molecule has 0 aromatic carbocycles. The molecule has 0 heterocycles. The first-order valence-corrected chi connectivity index (χ1v) is 6.67. The maximum Gasteiger partial charge on any atom is 0.0647 e. The molecule has 0 unspecified atom stereocenters. The lowest BCUT2D eigenvalue weighted by atomic mass is 9.54. The molecule has 2 atom stereocenters. The first kappa shape index (κ1) is 12.2. The SMILES string of the molecule is CC1=C(CO)[C@@H]2CC(C)(C)CC[C@]2(C)CC1. The number of aliphatic hydroxyl groups excluding tert-OH is 1. The van der Waals surface area contributed by atoms with Crippen LogP contribution in [0.15, 0.2) is 11.1 Å². The predicted octanol–water partition coefficient (Wildman–Crippen LogP) is 3.92. The zero-order chi connectivity index (χ0) is 12.0. The zero-order valence-corrected chi connectivity index (χ0v) is 11.3. The molecular weight excluding hydrogens is 196 g/mol. The van der Waals surface area contributed by atoms with E-state index in [-0.39, 0.29) is 6.61 Å². The highest BCUT2D eigenvalue weighted by atomic mass is 16.3. The number of allylic oxidation sites excluding steroid dienone is 1. The van der Waals surface area contributed by atoms with Crippen molar-refractivity contribution in [1.82, 2.24) is 0 Å². The quantitative estimate of drug-likeness (QED) is 0.667. The summed E-state index contributed by atoms with van der Waals surface area (Å²) in [6.45, 7) is 9.70. The van der Waals surface area contributed by atoms with E-state index < -0.39 is 0 Å². The van der Waals surface area contributed by atoms with Crippen molar-refractivity contribution in [2.45, 2.75) is 59.8 Å². The van der Waals surface area contributed by atoms with Crippen LogP contribution in [0.1, 0.15) is 59.8 Å². The van der Waals surface area contributed by atoms with Crippen LogP contribution in [0.2, 0.25) is 0 Å². The predicted molar refractivity (Wildman–Crippen MR) is 68.2 cm³/mol. The molecule has 0 bridgehead atoms. The van der Waals surface area contributed by atoms with E-state index in [1.165, 1.54) is 43.3 Å². The summed E-state index contributed by atoms with van der Waals surface area (Å²) in [6.07, 6.45) is 6.46.